The van der Waals surface area contributed by atoms with Gasteiger partial charge in [0.1, 0.15) is 60.1 Å². The standard InChI is InChI=1S/C59H84N16O12.C2HF3O2/c1-6-63-57(86)48-14-10-22-75(48)58(87)41(13-9-21-64-59(60)61)68-51(80)42(23-32(2)3)69-52(81)43(24-33(4)5)70-53(82)44(25-34-15-17-37(77)18-16-34)71-56(85)47(30-76)74-54(83)45(26-35-28-65-39-12-8-7-11-38(35)39)72-55(84)46(27-36-29-62-31-66-36)73-50(79)40-19-20-49(78)67-40;3-2(4,5)1(6)7/h7-8,11-12,15-18,28-29,31-33,40-48,65,76-77H,6,9-10,13-14,19-27,30H2,1-5H3,(H,62,66)(H,63,86)(H,67,78)(H,68,80)(H,69,81)(H,70,82)(H,71,85)(H,72,84)(H,73,79)(H,74,83)(H4,60,61,64);(H,6,7). The molecule has 4 heterocycles. The van der Waals surface area contributed by atoms with Gasteiger partial charge in [-0.2, -0.15) is 13.2 Å². The number of nitrogens with two attached hydrogens (primary N) is 2. The van der Waals surface area contributed by atoms with Crippen molar-refractivity contribution in [3.05, 3.63) is 84.1 Å². The summed E-state index contributed by atoms with van der Waals surface area (Å²) in [5.74, 6) is -10.3. The van der Waals surface area contributed by atoms with Crippen LogP contribution in [0.15, 0.2) is 72.2 Å². The number of aromatic hydroxyl groups is 1. The molecule has 2 aliphatic rings. The molecule has 514 valence electrons. The summed E-state index contributed by atoms with van der Waals surface area (Å²) >= 11 is 0. The Bertz CT molecular complexity index is 3290. The number of likely N-dealkylation sites (tertiary alicyclic amines) is 1. The molecule has 0 spiro atoms. The van der Waals surface area contributed by atoms with Crippen LogP contribution in [0, 0.1) is 11.8 Å². The Balaban J connectivity index is 0.00000216. The van der Waals surface area contributed by atoms with Gasteiger partial charge in [-0.25, -0.2) is 9.78 Å². The van der Waals surface area contributed by atoms with Crippen molar-refractivity contribution in [2.24, 2.45) is 28.3 Å². The summed E-state index contributed by atoms with van der Waals surface area (Å²) in [6.45, 7) is 8.82. The Kier molecular flexibility index (Phi) is 28.6. The van der Waals surface area contributed by atoms with E-state index < -0.39 is 120 Å². The van der Waals surface area contributed by atoms with Crippen molar-refractivity contribution < 1.29 is 81.2 Å². The number of carbonyl (C=O) groups is 11. The lowest BCUT2D eigenvalue weighted by Crippen LogP contribution is -2.61. The largest absolute Gasteiger partial charge is 0.508 e. The number of aromatic nitrogens is 3. The van der Waals surface area contributed by atoms with Crippen LogP contribution in [0.5, 0.6) is 5.75 Å². The Morgan fingerprint density at radius 2 is 1.26 bits per heavy atom. The van der Waals surface area contributed by atoms with E-state index in [0.717, 1.165) is 5.52 Å². The second kappa shape index (κ2) is 35.8. The molecule has 6 rings (SSSR count). The van der Waals surface area contributed by atoms with Crippen molar-refractivity contribution >= 4 is 81.9 Å². The number of carboxylic acids is 1. The lowest BCUT2D eigenvalue weighted by Gasteiger charge is -2.31. The van der Waals surface area contributed by atoms with Crippen LogP contribution in [0.2, 0.25) is 0 Å². The number of carboxylic acid groups (broad SMARTS) is 1. The number of guanidine groups is 1. The van der Waals surface area contributed by atoms with Gasteiger partial charge in [-0.1, -0.05) is 58.0 Å². The van der Waals surface area contributed by atoms with Crippen LogP contribution in [-0.4, -0.2) is 193 Å². The third-order valence-corrected chi connectivity index (χ3v) is 15.2. The number of nitrogens with one attached hydrogen (secondary N) is 11. The van der Waals surface area contributed by atoms with Gasteiger partial charge in [-0.15, -0.1) is 0 Å². The summed E-state index contributed by atoms with van der Waals surface area (Å²) < 4.78 is 31.7. The zero-order valence-corrected chi connectivity index (χ0v) is 52.8. The van der Waals surface area contributed by atoms with E-state index in [1.807, 2.05) is 19.9 Å². The van der Waals surface area contributed by atoms with E-state index in [1.165, 1.54) is 41.7 Å². The number of aliphatic hydroxyl groups is 1. The summed E-state index contributed by atoms with van der Waals surface area (Å²) in [6, 6.07) is 1.58. The zero-order valence-electron chi connectivity index (χ0n) is 52.8. The first-order valence-corrected chi connectivity index (χ1v) is 30.7. The number of alkyl halides is 3. The quantitative estimate of drug-likeness (QED) is 0.0162. The molecule has 18 N–H and O–H groups in total. The number of aliphatic imine (C=N–C) groups is 1. The van der Waals surface area contributed by atoms with Gasteiger partial charge in [0, 0.05) is 74.3 Å². The van der Waals surface area contributed by atoms with Gasteiger partial charge in [-0.05, 0) is 93.0 Å². The molecule has 0 aliphatic carbocycles. The number of H-pyrrole nitrogens is 2. The van der Waals surface area contributed by atoms with Crippen molar-refractivity contribution in [1.29, 1.82) is 0 Å². The molecule has 30 nitrogen and oxygen atoms in total. The third kappa shape index (κ3) is 23.4. The fraction of sp³-hybridized carbons (Fsp3) is 0.525. The number of carbonyl (C=O) groups excluding carboxylic acids is 10. The number of phenolic OH excluding ortho intramolecular Hbond substituents is 1. The van der Waals surface area contributed by atoms with Crippen LogP contribution in [0.1, 0.15) is 103 Å². The number of likely N-dealkylation sites (N-methyl/N-ethyl adjacent to an activating group) is 1. The second-order valence-electron chi connectivity index (χ2n) is 23.6. The van der Waals surface area contributed by atoms with Crippen molar-refractivity contribution in [2.45, 2.75) is 166 Å². The number of hydrogen-bond donors (Lipinski definition) is 16. The average Bonchev–Trinajstić information content (AvgIpc) is 2.61. The number of aromatic amines is 2. The molecule has 0 radical (unpaired) electrons. The number of nitrogens with zero attached hydrogens (tertiary/aromatic N) is 3. The first-order valence-electron chi connectivity index (χ1n) is 30.7. The van der Waals surface area contributed by atoms with Gasteiger partial charge in [0.2, 0.25) is 59.1 Å². The predicted octanol–water partition coefficient (Wildman–Crippen LogP) is -0.805. The van der Waals surface area contributed by atoms with Crippen LogP contribution in [0.25, 0.3) is 10.9 Å². The second-order valence-corrected chi connectivity index (χ2v) is 23.6. The van der Waals surface area contributed by atoms with E-state index in [1.54, 1.807) is 45.2 Å². The SMILES string of the molecule is CCNC(=O)C1CCCN1C(=O)C(CCCN=C(N)N)NC(=O)C(CC(C)C)NC(=O)C(CC(C)C)NC(=O)C(Cc1ccc(O)cc1)NC(=O)C(CO)NC(=O)C(Cc1c[nH]c2ccccc12)NC(=O)C(Cc1cnc[nH]1)NC(=O)C1CCC(=O)N1.O=C(O)C(F)(F)F. The van der Waals surface area contributed by atoms with Crippen molar-refractivity contribution in [2.75, 3.05) is 26.2 Å². The Labute approximate surface area is 539 Å². The van der Waals surface area contributed by atoms with E-state index in [4.69, 9.17) is 21.4 Å². The lowest BCUT2D eigenvalue weighted by molar-refractivity contribution is -0.192. The van der Waals surface area contributed by atoms with Crippen LogP contribution < -0.4 is 59.3 Å². The van der Waals surface area contributed by atoms with Crippen molar-refractivity contribution in [3.8, 4) is 5.75 Å². The molecule has 2 saturated heterocycles. The first-order chi connectivity index (χ1) is 44.5. The van der Waals surface area contributed by atoms with Crippen LogP contribution in [0.3, 0.4) is 0 Å². The molecule has 2 aromatic heterocycles. The molecule has 33 heteroatoms. The smallest absolute Gasteiger partial charge is 0.490 e. The van der Waals surface area contributed by atoms with E-state index in [9.17, 15) is 71.3 Å². The molecule has 4 aromatic rings. The summed E-state index contributed by atoms with van der Waals surface area (Å²) in [5.41, 5.74) is 13.3. The number of imidazole rings is 1. The van der Waals surface area contributed by atoms with Crippen LogP contribution in [0.4, 0.5) is 13.2 Å². The van der Waals surface area contributed by atoms with Crippen molar-refractivity contribution in [1.82, 2.24) is 67.7 Å². The molecule has 9 unspecified atom stereocenters. The highest BCUT2D eigenvalue weighted by Crippen LogP contribution is 2.23. The Hall–Kier alpha value is -9.82. The van der Waals surface area contributed by atoms with Gasteiger partial charge in [-0.3, -0.25) is 52.9 Å². The van der Waals surface area contributed by atoms with Crippen LogP contribution >= 0.6 is 0 Å². The van der Waals surface area contributed by atoms with Gasteiger partial charge in [0.15, 0.2) is 5.96 Å². The molecule has 10 amide bonds. The van der Waals surface area contributed by atoms with Crippen molar-refractivity contribution in [3.63, 3.8) is 0 Å². The normalized spacial score (nSPS) is 16.7. The number of phenols is 1. The highest BCUT2D eigenvalue weighted by Gasteiger charge is 2.41. The number of rotatable bonds is 32. The number of hydrogen-bond acceptors (Lipinski definition) is 15. The molecule has 0 saturated carbocycles. The lowest BCUT2D eigenvalue weighted by atomic mass is 9.98. The van der Waals surface area contributed by atoms with Gasteiger partial charge in [0.25, 0.3) is 0 Å². The minimum Gasteiger partial charge on any atom is -0.508 e. The molecule has 2 fully saturated rings. The fourth-order valence-corrected chi connectivity index (χ4v) is 10.5. The predicted molar refractivity (Wildman–Crippen MR) is 334 cm³/mol. The molecule has 2 aromatic carbocycles. The number of fused-ring (bicyclic) bond motifs is 1. The average molecular weight is 1320 g/mol. The number of para-hydroxylation sites is 1. The summed E-state index contributed by atoms with van der Waals surface area (Å²) in [4.78, 5) is 164. The Morgan fingerprint density at radius 1 is 0.713 bits per heavy atom. The maximum Gasteiger partial charge on any atom is 0.490 e. The topological polar surface area (TPSA) is 469 Å². The maximum absolute atomic E-state index is 14.7. The Morgan fingerprint density at radius 3 is 1.79 bits per heavy atom. The van der Waals surface area contributed by atoms with Crippen LogP contribution in [-0.2, 0) is 72.0 Å². The maximum atomic E-state index is 14.7. The number of amides is 10. The minimum absolute atomic E-state index is 0.0397. The number of aliphatic hydroxyl groups excluding tert-OH is 1. The van der Waals surface area contributed by atoms with E-state index >= 15 is 0 Å². The molecule has 0 bridgehead atoms. The number of halogens is 3. The monoisotopic (exact) mass is 1320 g/mol. The highest BCUT2D eigenvalue weighted by molar-refractivity contribution is 5.99. The fourth-order valence-electron chi connectivity index (χ4n) is 10.5. The molecule has 2 aliphatic heterocycles. The van der Waals surface area contributed by atoms with Gasteiger partial charge in [0.05, 0.1) is 12.9 Å². The van der Waals surface area contributed by atoms with Gasteiger partial charge >= 0.3 is 12.1 Å². The molecule has 94 heavy (non-hydrogen) atoms. The summed E-state index contributed by atoms with van der Waals surface area (Å²) in [5, 5.41) is 53.0. The summed E-state index contributed by atoms with van der Waals surface area (Å²) in [6.07, 6.45) is 0.721. The number of benzene rings is 2. The summed E-state index contributed by atoms with van der Waals surface area (Å²) in [7, 11) is 0. The minimum atomic E-state index is -5.08. The molecular weight excluding hydrogens is 1240 g/mol. The van der Waals surface area contributed by atoms with E-state index in [0.29, 0.717) is 41.6 Å². The molecular formula is C61H85F3N16O14. The highest BCUT2D eigenvalue weighted by atomic mass is 19.4. The van der Waals surface area contributed by atoms with E-state index in [-0.39, 0.29) is 106 Å². The van der Waals surface area contributed by atoms with E-state index in [2.05, 4.69) is 67.8 Å². The molecule has 9 atom stereocenters. The number of aliphatic carboxylic acids is 1. The third-order valence-electron chi connectivity index (χ3n) is 15.2. The zero-order chi connectivity index (χ0) is 69.4. The first kappa shape index (κ1) is 74.9. The van der Waals surface area contributed by atoms with Gasteiger partial charge < -0.3 is 89.5 Å².